The van der Waals surface area contributed by atoms with Crippen LogP contribution in [0.1, 0.15) is 75.8 Å². The number of hydrogen-bond donors (Lipinski definition) is 1. The summed E-state index contributed by atoms with van der Waals surface area (Å²) in [6.07, 6.45) is 2.31. The predicted molar refractivity (Wildman–Crippen MR) is 168 cm³/mol. The Balaban J connectivity index is 1.80. The minimum atomic E-state index is -1.15. The quantitative estimate of drug-likeness (QED) is 0.0783. The number of carbonyl (C=O) groups excluding carboxylic acids is 2. The van der Waals surface area contributed by atoms with Crippen LogP contribution in [-0.2, 0) is 20.0 Å². The first-order valence-corrected chi connectivity index (χ1v) is 15.0. The van der Waals surface area contributed by atoms with E-state index in [-0.39, 0.29) is 11.5 Å². The number of aromatic nitrogens is 1. The average Bonchev–Trinajstić information content (AvgIpc) is 3.43. The fraction of sp³-hybridized carbons (Fsp3) is 0.294. The predicted octanol–water partition coefficient (Wildman–Crippen LogP) is 8.35. The van der Waals surface area contributed by atoms with Gasteiger partial charge in [0.25, 0.3) is 0 Å². The third-order valence-electron chi connectivity index (χ3n) is 6.44. The molecule has 0 spiro atoms. The Kier molecular flexibility index (Phi) is 10.3. The number of rotatable bonds is 12. The molecule has 0 saturated heterocycles. The molecule has 1 heterocycles. The van der Waals surface area contributed by atoms with E-state index in [9.17, 15) is 9.59 Å². The van der Waals surface area contributed by atoms with E-state index < -0.39 is 17.3 Å². The van der Waals surface area contributed by atoms with Crippen molar-refractivity contribution >= 4 is 34.1 Å². The number of ether oxygens (including phenoxy) is 1. The largest absolute Gasteiger partial charge is 0.444 e. The topological polar surface area (TPSA) is 89.9 Å². The van der Waals surface area contributed by atoms with Crippen molar-refractivity contribution < 1.29 is 19.2 Å². The lowest BCUT2D eigenvalue weighted by atomic mass is 9.80. The van der Waals surface area contributed by atoms with E-state index in [2.05, 4.69) is 22.4 Å². The number of nitrogens with one attached hydrogen (secondary N) is 1. The number of thiazole rings is 1. The maximum absolute atomic E-state index is 13.6. The number of anilines is 1. The summed E-state index contributed by atoms with van der Waals surface area (Å²) in [7, 11) is 0. The van der Waals surface area contributed by atoms with Gasteiger partial charge < -0.3 is 9.57 Å². The average molecular weight is 584 g/mol. The minimum Gasteiger partial charge on any atom is -0.444 e. The molecular formula is C34H37N3O4S. The summed E-state index contributed by atoms with van der Waals surface area (Å²) in [6.45, 7) is 7.45. The van der Waals surface area contributed by atoms with Crippen molar-refractivity contribution in [3.63, 3.8) is 0 Å². The Morgan fingerprint density at radius 3 is 1.83 bits per heavy atom. The van der Waals surface area contributed by atoms with Crippen LogP contribution in [-0.4, -0.2) is 28.2 Å². The van der Waals surface area contributed by atoms with E-state index in [4.69, 9.17) is 9.57 Å². The zero-order valence-electron chi connectivity index (χ0n) is 24.5. The number of unbranched alkanes of at least 4 members (excludes halogenated alkanes) is 2. The van der Waals surface area contributed by atoms with Gasteiger partial charge in [0.05, 0.1) is 0 Å². The SMILES string of the molecule is CCCCCC(=O)C(=NOC(c1ccccc1)(c1ccccc1)c1ccccc1)c1csc(NC(=O)OC(C)(C)C)n1. The van der Waals surface area contributed by atoms with Gasteiger partial charge in [0.15, 0.2) is 16.6 Å². The summed E-state index contributed by atoms with van der Waals surface area (Å²) in [5.41, 5.74) is 1.20. The van der Waals surface area contributed by atoms with Gasteiger partial charge in [-0.25, -0.2) is 9.78 Å². The molecule has 0 aliphatic heterocycles. The maximum atomic E-state index is 13.6. The fourth-order valence-electron chi connectivity index (χ4n) is 4.52. The molecule has 1 aromatic heterocycles. The van der Waals surface area contributed by atoms with E-state index >= 15 is 0 Å². The number of carbonyl (C=O) groups is 2. The molecule has 0 radical (unpaired) electrons. The van der Waals surface area contributed by atoms with E-state index in [1.54, 1.807) is 26.2 Å². The molecule has 1 N–H and O–H groups in total. The van der Waals surface area contributed by atoms with Crippen LogP contribution in [0.2, 0.25) is 0 Å². The van der Waals surface area contributed by atoms with Crippen LogP contribution in [0.3, 0.4) is 0 Å². The molecule has 8 heteroatoms. The summed E-state index contributed by atoms with van der Waals surface area (Å²) < 4.78 is 5.36. The lowest BCUT2D eigenvalue weighted by Crippen LogP contribution is -2.32. The smallest absolute Gasteiger partial charge is 0.413 e. The summed E-state index contributed by atoms with van der Waals surface area (Å²) in [4.78, 5) is 37.1. The molecule has 0 aliphatic carbocycles. The Hall–Kier alpha value is -4.30. The lowest BCUT2D eigenvalue weighted by Gasteiger charge is -2.33. The third-order valence-corrected chi connectivity index (χ3v) is 7.20. The minimum absolute atomic E-state index is 0.103. The molecule has 0 fully saturated rings. The van der Waals surface area contributed by atoms with E-state index in [0.29, 0.717) is 17.2 Å². The Labute approximate surface area is 251 Å². The van der Waals surface area contributed by atoms with Crippen molar-refractivity contribution in [2.45, 2.75) is 64.6 Å². The Morgan fingerprint density at radius 1 is 0.833 bits per heavy atom. The van der Waals surface area contributed by atoms with Crippen LogP contribution in [0.25, 0.3) is 0 Å². The summed E-state index contributed by atoms with van der Waals surface area (Å²) in [5, 5.41) is 9.24. The number of nitrogens with zero attached hydrogens (tertiary/aromatic N) is 2. The third kappa shape index (κ3) is 7.70. The zero-order valence-corrected chi connectivity index (χ0v) is 25.3. The van der Waals surface area contributed by atoms with Crippen LogP contribution in [0, 0.1) is 0 Å². The van der Waals surface area contributed by atoms with Crippen LogP contribution < -0.4 is 5.32 Å². The van der Waals surface area contributed by atoms with Gasteiger partial charge in [-0.1, -0.05) is 116 Å². The summed E-state index contributed by atoms with van der Waals surface area (Å²) >= 11 is 1.19. The highest BCUT2D eigenvalue weighted by molar-refractivity contribution is 7.14. The van der Waals surface area contributed by atoms with Crippen LogP contribution >= 0.6 is 11.3 Å². The van der Waals surface area contributed by atoms with E-state index in [0.717, 1.165) is 36.0 Å². The van der Waals surface area contributed by atoms with Gasteiger partial charge in [-0.15, -0.1) is 11.3 Å². The summed E-state index contributed by atoms with van der Waals surface area (Å²) in [5.74, 6) is -0.180. The van der Waals surface area contributed by atoms with Gasteiger partial charge in [-0.2, -0.15) is 0 Å². The van der Waals surface area contributed by atoms with Gasteiger partial charge in [0.1, 0.15) is 11.3 Å². The van der Waals surface area contributed by atoms with Gasteiger partial charge in [0, 0.05) is 28.5 Å². The first kappa shape index (κ1) is 30.7. The van der Waals surface area contributed by atoms with E-state index in [1.807, 2.05) is 91.0 Å². The number of Topliss-reactive ketones (excluding diaryl/α,β-unsaturated/α-hetero) is 1. The van der Waals surface area contributed by atoms with Crippen molar-refractivity contribution in [2.75, 3.05) is 5.32 Å². The maximum Gasteiger partial charge on any atom is 0.413 e. The molecule has 0 atom stereocenters. The van der Waals surface area contributed by atoms with Gasteiger partial charge in [-0.3, -0.25) is 10.1 Å². The highest BCUT2D eigenvalue weighted by Gasteiger charge is 2.40. The van der Waals surface area contributed by atoms with Crippen molar-refractivity contribution in [1.82, 2.24) is 4.98 Å². The van der Waals surface area contributed by atoms with Crippen molar-refractivity contribution in [3.8, 4) is 0 Å². The highest BCUT2D eigenvalue weighted by atomic mass is 32.1. The number of amides is 1. The number of hydrogen-bond acceptors (Lipinski definition) is 7. The second-order valence-corrected chi connectivity index (χ2v) is 11.7. The number of ketones is 1. The normalized spacial score (nSPS) is 12.0. The monoisotopic (exact) mass is 583 g/mol. The molecule has 0 bridgehead atoms. The molecular weight excluding hydrogens is 546 g/mol. The molecule has 1 amide bonds. The van der Waals surface area contributed by atoms with Crippen LogP contribution in [0.4, 0.5) is 9.93 Å². The molecule has 0 saturated carbocycles. The Bertz CT molecular complexity index is 1380. The van der Waals surface area contributed by atoms with Gasteiger partial charge in [0.2, 0.25) is 5.60 Å². The fourth-order valence-corrected chi connectivity index (χ4v) is 5.20. The molecule has 0 unspecified atom stereocenters. The van der Waals surface area contributed by atoms with Crippen molar-refractivity contribution in [1.29, 1.82) is 0 Å². The van der Waals surface area contributed by atoms with Crippen molar-refractivity contribution in [3.05, 3.63) is 119 Å². The first-order valence-electron chi connectivity index (χ1n) is 14.1. The summed E-state index contributed by atoms with van der Waals surface area (Å²) in [6, 6.07) is 29.5. The molecule has 218 valence electrons. The molecule has 4 rings (SSSR count). The number of benzene rings is 3. The standard InChI is InChI=1S/C34H37N3O4S/c1-5-6-10-23-29(38)30(28-24-42-31(35-28)36-32(39)40-33(2,3)4)37-41-34(25-17-11-7-12-18-25,26-19-13-8-14-20-26)27-21-15-9-16-22-27/h7-9,11-22,24H,5-6,10,23H2,1-4H3,(H,35,36,39). The van der Waals surface area contributed by atoms with Gasteiger partial charge >= 0.3 is 6.09 Å². The Morgan fingerprint density at radius 2 is 1.36 bits per heavy atom. The van der Waals surface area contributed by atoms with Gasteiger partial charge in [-0.05, 0) is 27.2 Å². The molecule has 0 aliphatic rings. The molecule has 7 nitrogen and oxygen atoms in total. The van der Waals surface area contributed by atoms with Crippen molar-refractivity contribution in [2.24, 2.45) is 5.16 Å². The lowest BCUT2D eigenvalue weighted by molar-refractivity contribution is -0.113. The van der Waals surface area contributed by atoms with Crippen LogP contribution in [0.5, 0.6) is 0 Å². The first-order chi connectivity index (χ1) is 20.2. The zero-order chi connectivity index (χ0) is 30.0. The second-order valence-electron chi connectivity index (χ2n) is 10.9. The highest BCUT2D eigenvalue weighted by Crippen LogP contribution is 2.41. The molecule has 4 aromatic rings. The van der Waals surface area contributed by atoms with E-state index in [1.165, 1.54) is 11.3 Å². The number of oxime groups is 1. The molecule has 42 heavy (non-hydrogen) atoms. The molecule has 3 aromatic carbocycles. The second kappa shape index (κ2) is 14.0. The van der Waals surface area contributed by atoms with Crippen LogP contribution in [0.15, 0.2) is 102 Å².